The summed E-state index contributed by atoms with van der Waals surface area (Å²) in [6.07, 6.45) is 11.1. The normalized spacial score (nSPS) is 39.8. The molecule has 0 aromatic carbocycles. The lowest BCUT2D eigenvalue weighted by Crippen LogP contribution is -2.51. The molecule has 2 aliphatic carbocycles. The van der Waals surface area contributed by atoms with Crippen molar-refractivity contribution in [1.29, 1.82) is 0 Å². The molecule has 0 aromatic rings. The van der Waals surface area contributed by atoms with Gasteiger partial charge in [-0.25, -0.2) is 0 Å². The number of carbonyl (C=O) groups excluding carboxylic acids is 1. The molecule has 4 aliphatic rings. The van der Waals surface area contributed by atoms with Gasteiger partial charge < -0.3 is 15.5 Å². The molecule has 4 fully saturated rings. The van der Waals surface area contributed by atoms with Gasteiger partial charge in [-0.2, -0.15) is 0 Å². The van der Waals surface area contributed by atoms with Crippen molar-refractivity contribution in [3.05, 3.63) is 0 Å². The van der Waals surface area contributed by atoms with Gasteiger partial charge in [-0.3, -0.25) is 4.79 Å². The van der Waals surface area contributed by atoms with E-state index in [1.165, 1.54) is 64.6 Å². The van der Waals surface area contributed by atoms with Crippen molar-refractivity contribution in [2.75, 3.05) is 32.7 Å². The molecule has 148 valence electrons. The van der Waals surface area contributed by atoms with Gasteiger partial charge in [0.15, 0.2) is 0 Å². The summed E-state index contributed by atoms with van der Waals surface area (Å²) in [5.74, 6) is 3.52. The lowest BCUT2D eigenvalue weighted by Gasteiger charge is -2.45. The summed E-state index contributed by atoms with van der Waals surface area (Å²) < 4.78 is 0. The SMILES string of the molecule is CC1CCN(CC2CCCN(C(=O)C3CC4CCCC(C3)C4N)C2)CC1. The molecule has 0 radical (unpaired) electrons. The summed E-state index contributed by atoms with van der Waals surface area (Å²) in [6, 6.07) is 0.364. The summed E-state index contributed by atoms with van der Waals surface area (Å²) in [7, 11) is 0. The van der Waals surface area contributed by atoms with Crippen LogP contribution in [0.15, 0.2) is 0 Å². The minimum absolute atomic E-state index is 0.264. The van der Waals surface area contributed by atoms with Crippen LogP contribution in [0, 0.1) is 29.6 Å². The third-order valence-corrected chi connectivity index (χ3v) is 7.99. The fraction of sp³-hybridized carbons (Fsp3) is 0.955. The number of rotatable bonds is 3. The zero-order chi connectivity index (χ0) is 18.1. The molecule has 1 amide bonds. The van der Waals surface area contributed by atoms with E-state index < -0.39 is 0 Å². The quantitative estimate of drug-likeness (QED) is 0.840. The van der Waals surface area contributed by atoms with Gasteiger partial charge in [0.25, 0.3) is 0 Å². The minimum Gasteiger partial charge on any atom is -0.342 e. The maximum atomic E-state index is 13.2. The first-order chi connectivity index (χ1) is 12.6. The van der Waals surface area contributed by atoms with Crippen molar-refractivity contribution in [2.24, 2.45) is 35.3 Å². The summed E-state index contributed by atoms with van der Waals surface area (Å²) in [4.78, 5) is 18.1. The molecule has 4 heteroatoms. The number of fused-ring (bicyclic) bond motifs is 2. The fourth-order valence-electron chi connectivity index (χ4n) is 6.27. The van der Waals surface area contributed by atoms with Crippen LogP contribution < -0.4 is 5.73 Å². The minimum atomic E-state index is 0.264. The number of nitrogens with zero attached hydrogens (tertiary/aromatic N) is 2. The molecule has 2 N–H and O–H groups in total. The number of carbonyl (C=O) groups is 1. The third kappa shape index (κ3) is 4.11. The van der Waals surface area contributed by atoms with E-state index in [0.717, 1.165) is 31.8 Å². The summed E-state index contributed by atoms with van der Waals surface area (Å²) in [5, 5.41) is 0. The Morgan fingerprint density at radius 1 is 0.962 bits per heavy atom. The van der Waals surface area contributed by atoms with Crippen molar-refractivity contribution < 1.29 is 4.79 Å². The fourth-order valence-corrected chi connectivity index (χ4v) is 6.27. The van der Waals surface area contributed by atoms with Crippen molar-refractivity contribution >= 4 is 5.91 Å². The Bertz CT molecular complexity index is 474. The average molecular weight is 362 g/mol. The van der Waals surface area contributed by atoms with Gasteiger partial charge >= 0.3 is 0 Å². The molecule has 2 heterocycles. The smallest absolute Gasteiger partial charge is 0.225 e. The Kier molecular flexibility index (Phi) is 5.90. The lowest BCUT2D eigenvalue weighted by molar-refractivity contribution is -0.140. The highest BCUT2D eigenvalue weighted by molar-refractivity contribution is 5.79. The summed E-state index contributed by atoms with van der Waals surface area (Å²) in [6.45, 7) is 8.10. The maximum absolute atomic E-state index is 13.2. The predicted molar refractivity (Wildman–Crippen MR) is 106 cm³/mol. The Labute approximate surface area is 159 Å². The topological polar surface area (TPSA) is 49.6 Å². The molecule has 3 unspecified atom stereocenters. The molecule has 2 bridgehead atoms. The first-order valence-electron chi connectivity index (χ1n) is 11.4. The van der Waals surface area contributed by atoms with Crippen LogP contribution >= 0.6 is 0 Å². The second kappa shape index (κ2) is 8.18. The molecular weight excluding hydrogens is 322 g/mol. The monoisotopic (exact) mass is 361 g/mol. The zero-order valence-electron chi connectivity index (χ0n) is 16.7. The van der Waals surface area contributed by atoms with Crippen LogP contribution in [0.4, 0.5) is 0 Å². The van der Waals surface area contributed by atoms with Crippen LogP contribution in [-0.2, 0) is 4.79 Å². The highest BCUT2D eigenvalue weighted by Crippen LogP contribution is 2.42. The second-order valence-corrected chi connectivity index (χ2v) is 9.97. The molecule has 2 aliphatic heterocycles. The Hall–Kier alpha value is -0.610. The van der Waals surface area contributed by atoms with Crippen molar-refractivity contribution in [1.82, 2.24) is 9.80 Å². The van der Waals surface area contributed by atoms with Gasteiger partial charge in [-0.05, 0) is 88.1 Å². The van der Waals surface area contributed by atoms with Crippen molar-refractivity contribution in [3.8, 4) is 0 Å². The number of hydrogen-bond donors (Lipinski definition) is 1. The highest BCUT2D eigenvalue weighted by atomic mass is 16.2. The Morgan fingerprint density at radius 2 is 1.65 bits per heavy atom. The van der Waals surface area contributed by atoms with E-state index in [-0.39, 0.29) is 5.92 Å². The number of amides is 1. The molecule has 4 nitrogen and oxygen atoms in total. The van der Waals surface area contributed by atoms with Gasteiger partial charge in [-0.1, -0.05) is 13.3 Å². The standard InChI is InChI=1S/C22H39N3O/c1-16-7-10-24(11-8-16)14-17-4-3-9-25(15-17)22(26)20-12-18-5-2-6-19(13-20)21(18)23/h16-21H,2-15,23H2,1H3. The summed E-state index contributed by atoms with van der Waals surface area (Å²) >= 11 is 0. The lowest BCUT2D eigenvalue weighted by atomic mass is 9.65. The zero-order valence-corrected chi connectivity index (χ0v) is 16.7. The molecule has 2 saturated carbocycles. The van der Waals surface area contributed by atoms with Crippen molar-refractivity contribution in [3.63, 3.8) is 0 Å². The van der Waals surface area contributed by atoms with Gasteiger partial charge in [0.2, 0.25) is 5.91 Å². The first-order valence-corrected chi connectivity index (χ1v) is 11.4. The molecule has 26 heavy (non-hydrogen) atoms. The predicted octanol–water partition coefficient (Wildman–Crippen LogP) is 3.11. The van der Waals surface area contributed by atoms with E-state index >= 15 is 0 Å². The van der Waals surface area contributed by atoms with E-state index in [9.17, 15) is 4.79 Å². The van der Waals surface area contributed by atoms with Crippen molar-refractivity contribution in [2.45, 2.75) is 70.8 Å². The van der Waals surface area contributed by atoms with Crippen LogP contribution in [0.1, 0.15) is 64.7 Å². The third-order valence-electron chi connectivity index (χ3n) is 7.99. The molecule has 2 saturated heterocycles. The average Bonchev–Trinajstić information content (AvgIpc) is 2.63. The molecule has 0 aromatic heterocycles. The molecule has 4 rings (SSSR count). The van der Waals surface area contributed by atoms with Gasteiger partial charge in [0.1, 0.15) is 0 Å². The number of piperidine rings is 2. The second-order valence-electron chi connectivity index (χ2n) is 9.97. The summed E-state index contributed by atoms with van der Waals surface area (Å²) in [5.41, 5.74) is 6.43. The number of likely N-dealkylation sites (tertiary alicyclic amines) is 2. The van der Waals surface area contributed by atoms with Gasteiger partial charge in [0, 0.05) is 31.6 Å². The molecule has 0 spiro atoms. The van der Waals surface area contributed by atoms with Crippen LogP contribution in [0.5, 0.6) is 0 Å². The van der Waals surface area contributed by atoms with Gasteiger partial charge in [0.05, 0.1) is 0 Å². The van der Waals surface area contributed by atoms with Crippen LogP contribution in [0.2, 0.25) is 0 Å². The Balaban J connectivity index is 1.30. The number of hydrogen-bond acceptors (Lipinski definition) is 3. The molecule has 3 atom stereocenters. The maximum Gasteiger partial charge on any atom is 0.225 e. The first kappa shape index (κ1) is 18.7. The van der Waals surface area contributed by atoms with Gasteiger partial charge in [-0.15, -0.1) is 0 Å². The van der Waals surface area contributed by atoms with E-state index in [0.29, 0.717) is 29.7 Å². The highest BCUT2D eigenvalue weighted by Gasteiger charge is 2.42. The Morgan fingerprint density at radius 3 is 2.35 bits per heavy atom. The largest absolute Gasteiger partial charge is 0.342 e. The molecular formula is C22H39N3O. The van der Waals surface area contributed by atoms with Crippen LogP contribution in [0.25, 0.3) is 0 Å². The van der Waals surface area contributed by atoms with E-state index in [4.69, 9.17) is 5.73 Å². The van der Waals surface area contributed by atoms with E-state index in [2.05, 4.69) is 16.7 Å². The van der Waals surface area contributed by atoms with E-state index in [1.54, 1.807) is 0 Å². The van der Waals surface area contributed by atoms with E-state index in [1.807, 2.05) is 0 Å². The number of nitrogens with two attached hydrogens (primary N) is 1. The van der Waals surface area contributed by atoms with Crippen LogP contribution in [-0.4, -0.2) is 54.5 Å². The van der Waals surface area contributed by atoms with Crippen LogP contribution in [0.3, 0.4) is 0 Å².